The highest BCUT2D eigenvalue weighted by Gasteiger charge is 2.19. The summed E-state index contributed by atoms with van der Waals surface area (Å²) in [6.45, 7) is 0. The van der Waals surface area contributed by atoms with Crippen LogP contribution in [0.3, 0.4) is 0 Å². The second-order valence-corrected chi connectivity index (χ2v) is 5.70. The minimum atomic E-state index is -3.90. The van der Waals surface area contributed by atoms with E-state index in [1.165, 1.54) is 31.5 Å². The van der Waals surface area contributed by atoms with Crippen LogP contribution < -0.4 is 15.2 Å². The monoisotopic (exact) mass is 304 g/mol. The number of rotatable bonds is 4. The maximum absolute atomic E-state index is 12.3. The van der Waals surface area contributed by atoms with Gasteiger partial charge in [-0.25, -0.2) is 13.4 Å². The number of nitrogens with zero attached hydrogens (tertiary/aromatic N) is 2. The summed E-state index contributed by atoms with van der Waals surface area (Å²) in [4.78, 5) is 3.69. The maximum atomic E-state index is 12.3. The summed E-state index contributed by atoms with van der Waals surface area (Å²) in [5.74, 6) is 0.332. The van der Waals surface area contributed by atoms with Gasteiger partial charge in [0.1, 0.15) is 23.3 Å². The third-order valence-corrected chi connectivity index (χ3v) is 4.01. The van der Waals surface area contributed by atoms with E-state index in [1.807, 2.05) is 6.07 Å². The Morgan fingerprint density at radius 2 is 2.14 bits per heavy atom. The molecule has 0 radical (unpaired) electrons. The lowest BCUT2D eigenvalue weighted by Gasteiger charge is -2.13. The zero-order valence-corrected chi connectivity index (χ0v) is 11.9. The van der Waals surface area contributed by atoms with Crippen LogP contribution in [0.1, 0.15) is 5.56 Å². The standard InChI is InChI=1S/C13H12N4O3S/c1-20-11-4-2-3-9(8-14)13(11)17-21(18,19)10-5-6-16-12(15)7-10/h2-7,17H,1H3,(H2,15,16). The van der Waals surface area contributed by atoms with Crippen LogP contribution in [0.2, 0.25) is 0 Å². The van der Waals surface area contributed by atoms with E-state index in [2.05, 4.69) is 9.71 Å². The molecule has 3 N–H and O–H groups in total. The summed E-state index contributed by atoms with van der Waals surface area (Å²) in [7, 11) is -2.51. The van der Waals surface area contributed by atoms with Gasteiger partial charge in [-0.2, -0.15) is 5.26 Å². The quantitative estimate of drug-likeness (QED) is 0.880. The Kier molecular flexibility index (Phi) is 3.95. The number of nitrogens with one attached hydrogen (secondary N) is 1. The van der Waals surface area contributed by atoms with Crippen LogP contribution in [0.5, 0.6) is 5.75 Å². The molecular formula is C13H12N4O3S. The lowest BCUT2D eigenvalue weighted by molar-refractivity contribution is 0.417. The largest absolute Gasteiger partial charge is 0.495 e. The summed E-state index contributed by atoms with van der Waals surface area (Å²) < 4.78 is 32.1. The molecule has 0 saturated carbocycles. The number of hydrogen-bond donors (Lipinski definition) is 2. The van der Waals surface area contributed by atoms with Crippen molar-refractivity contribution >= 4 is 21.5 Å². The molecule has 0 fully saturated rings. The molecule has 0 aliphatic carbocycles. The number of anilines is 2. The van der Waals surface area contributed by atoms with Crippen LogP contribution in [0.15, 0.2) is 41.4 Å². The van der Waals surface area contributed by atoms with E-state index in [-0.39, 0.29) is 27.7 Å². The average Bonchev–Trinajstić information content (AvgIpc) is 2.47. The van der Waals surface area contributed by atoms with Crippen molar-refractivity contribution < 1.29 is 13.2 Å². The van der Waals surface area contributed by atoms with Crippen LogP contribution in [-0.2, 0) is 10.0 Å². The summed E-state index contributed by atoms with van der Waals surface area (Å²) in [5.41, 5.74) is 5.71. The summed E-state index contributed by atoms with van der Waals surface area (Å²) in [6.07, 6.45) is 1.29. The first-order valence-electron chi connectivity index (χ1n) is 5.79. The topological polar surface area (TPSA) is 118 Å². The van der Waals surface area contributed by atoms with E-state index in [1.54, 1.807) is 12.1 Å². The van der Waals surface area contributed by atoms with E-state index in [0.29, 0.717) is 0 Å². The molecule has 0 aliphatic rings. The zero-order chi connectivity index (χ0) is 15.5. The van der Waals surface area contributed by atoms with Crippen LogP contribution in [-0.4, -0.2) is 20.5 Å². The maximum Gasteiger partial charge on any atom is 0.262 e. The van der Waals surface area contributed by atoms with Gasteiger partial charge >= 0.3 is 0 Å². The third kappa shape index (κ3) is 3.04. The molecule has 0 bridgehead atoms. The zero-order valence-electron chi connectivity index (χ0n) is 11.1. The van der Waals surface area contributed by atoms with E-state index >= 15 is 0 Å². The molecule has 1 aromatic carbocycles. The van der Waals surface area contributed by atoms with Gasteiger partial charge in [-0.05, 0) is 18.2 Å². The van der Waals surface area contributed by atoms with Crippen LogP contribution in [0, 0.1) is 11.3 Å². The molecule has 0 saturated heterocycles. The van der Waals surface area contributed by atoms with Crippen molar-refractivity contribution in [1.29, 1.82) is 5.26 Å². The molecule has 21 heavy (non-hydrogen) atoms. The second kappa shape index (κ2) is 5.68. The molecular weight excluding hydrogens is 292 g/mol. The average molecular weight is 304 g/mol. The van der Waals surface area contributed by atoms with Gasteiger partial charge < -0.3 is 10.5 Å². The van der Waals surface area contributed by atoms with E-state index < -0.39 is 10.0 Å². The summed E-state index contributed by atoms with van der Waals surface area (Å²) in [6, 6.07) is 9.08. The van der Waals surface area contributed by atoms with Gasteiger partial charge in [0.2, 0.25) is 0 Å². The van der Waals surface area contributed by atoms with Crippen molar-refractivity contribution in [3.8, 4) is 11.8 Å². The fraction of sp³-hybridized carbons (Fsp3) is 0.0769. The Labute approximate surface area is 122 Å². The van der Waals surface area contributed by atoms with Gasteiger partial charge in [0.25, 0.3) is 10.0 Å². The molecule has 0 unspecified atom stereocenters. The normalized spacial score (nSPS) is 10.7. The summed E-state index contributed by atoms with van der Waals surface area (Å²) >= 11 is 0. The highest BCUT2D eigenvalue weighted by Crippen LogP contribution is 2.30. The molecule has 0 atom stereocenters. The van der Waals surface area contributed by atoms with Gasteiger partial charge in [-0.15, -0.1) is 0 Å². The molecule has 0 aliphatic heterocycles. The molecule has 7 nitrogen and oxygen atoms in total. The van der Waals surface area contributed by atoms with Crippen molar-refractivity contribution in [2.75, 3.05) is 17.6 Å². The van der Waals surface area contributed by atoms with E-state index in [4.69, 9.17) is 15.7 Å². The number of para-hydroxylation sites is 1. The number of benzene rings is 1. The number of methoxy groups -OCH3 is 1. The highest BCUT2D eigenvalue weighted by atomic mass is 32.2. The molecule has 1 aromatic heterocycles. The van der Waals surface area contributed by atoms with Crippen molar-refractivity contribution in [2.24, 2.45) is 0 Å². The van der Waals surface area contributed by atoms with Gasteiger partial charge in [0.05, 0.1) is 17.6 Å². The number of nitrogen functional groups attached to an aromatic ring is 1. The minimum absolute atomic E-state index is 0.0511. The predicted molar refractivity (Wildman–Crippen MR) is 77.2 cm³/mol. The van der Waals surface area contributed by atoms with Gasteiger partial charge in [-0.3, -0.25) is 4.72 Å². The number of nitriles is 1. The molecule has 0 amide bonds. The molecule has 1 heterocycles. The lowest BCUT2D eigenvalue weighted by atomic mass is 10.2. The van der Waals surface area contributed by atoms with Crippen LogP contribution >= 0.6 is 0 Å². The first-order chi connectivity index (χ1) is 9.97. The highest BCUT2D eigenvalue weighted by molar-refractivity contribution is 7.92. The number of aromatic nitrogens is 1. The molecule has 2 rings (SSSR count). The van der Waals surface area contributed by atoms with Gasteiger partial charge in [0.15, 0.2) is 0 Å². The Morgan fingerprint density at radius 1 is 1.38 bits per heavy atom. The minimum Gasteiger partial charge on any atom is -0.495 e. The van der Waals surface area contributed by atoms with Crippen molar-refractivity contribution in [2.45, 2.75) is 4.90 Å². The Bertz CT molecular complexity index is 812. The predicted octanol–water partition coefficient (Wildman–Crippen LogP) is 1.34. The fourth-order valence-electron chi connectivity index (χ4n) is 1.69. The molecule has 0 spiro atoms. The first-order valence-corrected chi connectivity index (χ1v) is 7.27. The van der Waals surface area contributed by atoms with E-state index in [0.717, 1.165) is 0 Å². The van der Waals surface area contributed by atoms with Crippen LogP contribution in [0.25, 0.3) is 0 Å². The van der Waals surface area contributed by atoms with Gasteiger partial charge in [0, 0.05) is 12.3 Å². The first kappa shape index (κ1) is 14.6. The number of sulfonamides is 1. The lowest BCUT2D eigenvalue weighted by Crippen LogP contribution is -2.15. The molecule has 8 heteroatoms. The van der Waals surface area contributed by atoms with Crippen molar-refractivity contribution in [1.82, 2.24) is 4.98 Å². The number of hydrogen-bond acceptors (Lipinski definition) is 6. The Hall–Kier alpha value is -2.79. The van der Waals surface area contributed by atoms with Crippen molar-refractivity contribution in [3.05, 3.63) is 42.1 Å². The smallest absolute Gasteiger partial charge is 0.262 e. The summed E-state index contributed by atoms with van der Waals surface area (Å²) in [5, 5.41) is 9.08. The van der Waals surface area contributed by atoms with Crippen LogP contribution in [0.4, 0.5) is 11.5 Å². The van der Waals surface area contributed by atoms with E-state index in [9.17, 15) is 8.42 Å². The molecule has 108 valence electrons. The third-order valence-electron chi connectivity index (χ3n) is 2.67. The SMILES string of the molecule is COc1cccc(C#N)c1NS(=O)(=O)c1ccnc(N)c1. The number of nitrogens with two attached hydrogens (primary N) is 1. The number of ether oxygens (including phenoxy) is 1. The Balaban J connectivity index is 2.49. The molecule has 2 aromatic rings. The Morgan fingerprint density at radius 3 is 2.76 bits per heavy atom. The fourth-order valence-corrected chi connectivity index (χ4v) is 2.80. The number of pyridine rings is 1. The van der Waals surface area contributed by atoms with Gasteiger partial charge in [-0.1, -0.05) is 6.07 Å². The second-order valence-electron chi connectivity index (χ2n) is 4.02. The van der Waals surface area contributed by atoms with Crippen molar-refractivity contribution in [3.63, 3.8) is 0 Å².